The molecule has 1 N–H and O–H groups in total. The summed E-state index contributed by atoms with van der Waals surface area (Å²) in [5.41, 5.74) is 4.62. The minimum atomic E-state index is 0.725. The van der Waals surface area contributed by atoms with E-state index < -0.39 is 0 Å². The second-order valence-electron chi connectivity index (χ2n) is 5.99. The highest BCUT2D eigenvalue weighted by Crippen LogP contribution is 2.27. The van der Waals surface area contributed by atoms with Gasteiger partial charge in [0.1, 0.15) is 0 Å². The van der Waals surface area contributed by atoms with E-state index in [1.54, 1.807) is 0 Å². The van der Waals surface area contributed by atoms with E-state index in [0.717, 1.165) is 23.0 Å². The summed E-state index contributed by atoms with van der Waals surface area (Å²) in [7, 11) is 0. The smallest absolute Gasteiger partial charge is 0.177 e. The fraction of sp³-hybridized carbons (Fsp3) is 0.190. The lowest BCUT2D eigenvalue weighted by molar-refractivity contribution is 1.07. The molecular formula is C21H22N2S. The Morgan fingerprint density at radius 1 is 1.00 bits per heavy atom. The van der Waals surface area contributed by atoms with Crippen LogP contribution in [0.15, 0.2) is 60.7 Å². The molecule has 3 rings (SSSR count). The van der Waals surface area contributed by atoms with Crippen molar-refractivity contribution in [1.29, 1.82) is 0 Å². The number of thiocarbonyl (C=S) groups is 1. The molecule has 0 heterocycles. The molecular weight excluding hydrogens is 312 g/mol. The van der Waals surface area contributed by atoms with Gasteiger partial charge in [-0.1, -0.05) is 48.5 Å². The van der Waals surface area contributed by atoms with Gasteiger partial charge in [-0.05, 0) is 61.6 Å². The van der Waals surface area contributed by atoms with Crippen molar-refractivity contribution >= 4 is 39.5 Å². The van der Waals surface area contributed by atoms with Gasteiger partial charge in [-0.15, -0.1) is 0 Å². The van der Waals surface area contributed by atoms with Crippen LogP contribution in [0.25, 0.3) is 10.8 Å². The predicted molar refractivity (Wildman–Crippen MR) is 109 cm³/mol. The van der Waals surface area contributed by atoms with Gasteiger partial charge in [0.05, 0.1) is 5.69 Å². The Morgan fingerprint density at radius 3 is 2.54 bits per heavy atom. The molecule has 0 radical (unpaired) electrons. The summed E-state index contributed by atoms with van der Waals surface area (Å²) in [6.07, 6.45) is 0. The third-order valence-corrected chi connectivity index (χ3v) is 4.58. The van der Waals surface area contributed by atoms with Crippen molar-refractivity contribution in [3.05, 3.63) is 71.8 Å². The molecule has 3 aromatic carbocycles. The fourth-order valence-corrected chi connectivity index (χ4v) is 3.26. The molecule has 0 aliphatic rings. The first kappa shape index (κ1) is 16.5. The summed E-state index contributed by atoms with van der Waals surface area (Å²) in [6.45, 7) is 7.12. The quantitative estimate of drug-likeness (QED) is 0.620. The van der Waals surface area contributed by atoms with Crippen molar-refractivity contribution in [1.82, 2.24) is 0 Å². The normalized spacial score (nSPS) is 10.6. The minimum Gasteiger partial charge on any atom is -0.332 e. The highest BCUT2D eigenvalue weighted by Gasteiger charge is 2.14. The summed E-state index contributed by atoms with van der Waals surface area (Å²) in [6, 6.07) is 21.1. The Bertz CT molecular complexity index is 881. The van der Waals surface area contributed by atoms with E-state index in [0.29, 0.717) is 0 Å². The average molecular weight is 334 g/mol. The summed E-state index contributed by atoms with van der Waals surface area (Å²) in [4.78, 5) is 2.15. The Balaban J connectivity index is 1.96. The highest BCUT2D eigenvalue weighted by atomic mass is 32.1. The van der Waals surface area contributed by atoms with Crippen LogP contribution in [0, 0.1) is 13.8 Å². The maximum Gasteiger partial charge on any atom is 0.177 e. The summed E-state index contributed by atoms with van der Waals surface area (Å²) >= 11 is 5.72. The van der Waals surface area contributed by atoms with Gasteiger partial charge in [0, 0.05) is 17.6 Å². The van der Waals surface area contributed by atoms with Crippen molar-refractivity contribution in [2.45, 2.75) is 20.8 Å². The van der Waals surface area contributed by atoms with Crippen molar-refractivity contribution in [2.24, 2.45) is 0 Å². The van der Waals surface area contributed by atoms with Crippen molar-refractivity contribution in [3.63, 3.8) is 0 Å². The molecule has 0 spiro atoms. The molecule has 2 nitrogen and oxygen atoms in total. The number of hydrogen-bond donors (Lipinski definition) is 1. The van der Waals surface area contributed by atoms with E-state index >= 15 is 0 Å². The SMILES string of the molecule is CCN(C(=S)Nc1cc(C)ccc1C)c1cccc2ccccc12. The van der Waals surface area contributed by atoms with E-state index in [1.807, 2.05) is 0 Å². The van der Waals surface area contributed by atoms with Crippen molar-refractivity contribution in [3.8, 4) is 0 Å². The lowest BCUT2D eigenvalue weighted by Gasteiger charge is -2.26. The summed E-state index contributed by atoms with van der Waals surface area (Å²) in [5, 5.41) is 6.59. The van der Waals surface area contributed by atoms with E-state index in [1.165, 1.54) is 21.9 Å². The van der Waals surface area contributed by atoms with Gasteiger partial charge in [0.2, 0.25) is 0 Å². The number of rotatable bonds is 3. The number of hydrogen-bond acceptors (Lipinski definition) is 1. The minimum absolute atomic E-state index is 0.725. The zero-order valence-electron chi connectivity index (χ0n) is 14.3. The number of fused-ring (bicyclic) bond motifs is 1. The molecule has 0 aliphatic carbocycles. The monoisotopic (exact) mass is 334 g/mol. The molecule has 3 heteroatoms. The Hall–Kier alpha value is -2.39. The van der Waals surface area contributed by atoms with Gasteiger partial charge in [-0.3, -0.25) is 0 Å². The van der Waals surface area contributed by atoms with Crippen LogP contribution in [0.1, 0.15) is 18.1 Å². The number of aryl methyl sites for hydroxylation is 2. The molecule has 0 saturated carbocycles. The lowest BCUT2D eigenvalue weighted by Crippen LogP contribution is -2.34. The molecule has 0 aromatic heterocycles. The van der Waals surface area contributed by atoms with Gasteiger partial charge >= 0.3 is 0 Å². The zero-order chi connectivity index (χ0) is 17.1. The number of benzene rings is 3. The van der Waals surface area contributed by atoms with Gasteiger partial charge < -0.3 is 10.2 Å². The molecule has 0 fully saturated rings. The molecule has 0 saturated heterocycles. The first-order valence-corrected chi connectivity index (χ1v) is 8.64. The summed E-state index contributed by atoms with van der Waals surface area (Å²) < 4.78 is 0. The molecule has 3 aromatic rings. The standard InChI is InChI=1S/C21H22N2S/c1-4-23(20-11-7-9-17-8-5-6-10-18(17)20)21(24)22-19-14-15(2)12-13-16(19)3/h5-14H,4H2,1-3H3,(H,22,24). The number of anilines is 2. The molecule has 0 bridgehead atoms. The van der Waals surface area contributed by atoms with Crippen LogP contribution in [0.2, 0.25) is 0 Å². The average Bonchev–Trinajstić information content (AvgIpc) is 2.59. The Morgan fingerprint density at radius 2 is 1.75 bits per heavy atom. The molecule has 0 atom stereocenters. The van der Waals surface area contributed by atoms with Crippen LogP contribution in [0.3, 0.4) is 0 Å². The van der Waals surface area contributed by atoms with E-state index in [4.69, 9.17) is 12.2 Å². The van der Waals surface area contributed by atoms with Crippen LogP contribution in [0.5, 0.6) is 0 Å². The topological polar surface area (TPSA) is 15.3 Å². The second kappa shape index (κ2) is 7.02. The number of nitrogens with zero attached hydrogens (tertiary/aromatic N) is 1. The molecule has 0 amide bonds. The maximum absolute atomic E-state index is 5.72. The van der Waals surface area contributed by atoms with E-state index in [-0.39, 0.29) is 0 Å². The molecule has 0 aliphatic heterocycles. The fourth-order valence-electron chi connectivity index (χ4n) is 2.92. The first-order chi connectivity index (χ1) is 11.6. The van der Waals surface area contributed by atoms with Crippen LogP contribution in [-0.2, 0) is 0 Å². The first-order valence-electron chi connectivity index (χ1n) is 8.23. The molecule has 122 valence electrons. The third-order valence-electron chi connectivity index (χ3n) is 4.25. The van der Waals surface area contributed by atoms with Gasteiger partial charge in [0.15, 0.2) is 5.11 Å². The lowest BCUT2D eigenvalue weighted by atomic mass is 10.1. The van der Waals surface area contributed by atoms with Gasteiger partial charge in [-0.25, -0.2) is 0 Å². The Labute approximate surface area is 149 Å². The van der Waals surface area contributed by atoms with Crippen molar-refractivity contribution < 1.29 is 0 Å². The largest absolute Gasteiger partial charge is 0.332 e. The molecule has 24 heavy (non-hydrogen) atoms. The predicted octanol–water partition coefficient (Wildman–Crippen LogP) is 5.68. The Kier molecular flexibility index (Phi) is 4.81. The van der Waals surface area contributed by atoms with Crippen molar-refractivity contribution in [2.75, 3.05) is 16.8 Å². The highest BCUT2D eigenvalue weighted by molar-refractivity contribution is 7.80. The second-order valence-corrected chi connectivity index (χ2v) is 6.38. The zero-order valence-corrected chi connectivity index (χ0v) is 15.2. The van der Waals surface area contributed by atoms with Gasteiger partial charge in [-0.2, -0.15) is 0 Å². The number of nitrogens with one attached hydrogen (secondary N) is 1. The van der Waals surface area contributed by atoms with Crippen LogP contribution < -0.4 is 10.2 Å². The van der Waals surface area contributed by atoms with Gasteiger partial charge in [0.25, 0.3) is 0 Å². The van der Waals surface area contributed by atoms with Crippen LogP contribution in [0.4, 0.5) is 11.4 Å². The summed E-state index contributed by atoms with van der Waals surface area (Å²) in [5.74, 6) is 0. The van der Waals surface area contributed by atoms with E-state index in [2.05, 4.69) is 91.7 Å². The van der Waals surface area contributed by atoms with Crippen LogP contribution >= 0.6 is 12.2 Å². The third kappa shape index (κ3) is 3.26. The van der Waals surface area contributed by atoms with Crippen LogP contribution in [-0.4, -0.2) is 11.7 Å². The maximum atomic E-state index is 5.72. The van der Waals surface area contributed by atoms with E-state index in [9.17, 15) is 0 Å². The molecule has 0 unspecified atom stereocenters.